The van der Waals surface area contributed by atoms with E-state index in [2.05, 4.69) is 21.3 Å². The van der Waals surface area contributed by atoms with Gasteiger partial charge in [-0.05, 0) is 0 Å². The lowest BCUT2D eigenvalue weighted by atomic mass is 9.94. The summed E-state index contributed by atoms with van der Waals surface area (Å²) in [7, 11) is 0.465. The van der Waals surface area contributed by atoms with E-state index in [1.54, 1.807) is 21.1 Å². The molecule has 1 unspecified atom stereocenters. The van der Waals surface area contributed by atoms with E-state index in [9.17, 15) is 121 Å². The predicted octanol–water partition coefficient (Wildman–Crippen LogP) is -14.9. The fourth-order valence-corrected chi connectivity index (χ4v) is 12.8. The van der Waals surface area contributed by atoms with E-state index in [0.717, 1.165) is 27.7 Å². The lowest BCUT2D eigenvalue weighted by Gasteiger charge is -2.50. The Labute approximate surface area is 570 Å². The molecule has 0 bridgehead atoms. The number of hydrogen-bond acceptors (Lipinski definition) is 38. The SMILES string of the molecule is CC(=O)N[C@@H]1[C@@H](O)[C@H](O[C@@H]2O[C@H](CO)[C@@H](O[C@@H]3O[C@H](CO[C@H]4O[C@H](CO)[C@@H](O)[C@H](O)[C@@H]4O[C@@H]4O[C@H](CO)[C@@H](O[C@@H]5O[C@H](COP(=O)(O)OCC[N+](C)(C)C)[C@H](O)[C@H](O)[C@H]5NC(C)=O)[C@H](O)[C@H]4NC(C)=O)[C@@H](O)[C@H](O[C@H]4O[C@H](CO)[C@@H](O)[C@H](O)[C@@H]4O)[C@@H]3O)[C@H](O)[C@H]2NC(C)=O)[C@@H](CO)O[C@H]1O. The first-order valence-electron chi connectivity index (χ1n) is 31.8. The molecule has 0 spiro atoms. The first-order valence-corrected chi connectivity index (χ1v) is 33.3. The summed E-state index contributed by atoms with van der Waals surface area (Å²) < 4.78 is 100. The van der Waals surface area contributed by atoms with Crippen LogP contribution in [0.4, 0.5) is 0 Å². The molecule has 7 saturated heterocycles. The second kappa shape index (κ2) is 36.3. The molecule has 0 aliphatic carbocycles. The summed E-state index contributed by atoms with van der Waals surface area (Å²) in [6, 6.07) is -7.04. The molecule has 44 nitrogen and oxygen atoms in total. The number of aliphatic hydroxyl groups excluding tert-OH is 18. The van der Waals surface area contributed by atoms with Crippen LogP contribution in [-0.2, 0) is 94.4 Å². The van der Waals surface area contributed by atoms with E-state index in [-0.39, 0.29) is 13.2 Å². The summed E-state index contributed by atoms with van der Waals surface area (Å²) in [5.74, 6) is -3.38. The van der Waals surface area contributed by atoms with Crippen LogP contribution in [0.2, 0.25) is 0 Å². The first kappa shape index (κ1) is 84.0. The Morgan fingerprint density at radius 3 is 1.18 bits per heavy atom. The van der Waals surface area contributed by atoms with Gasteiger partial charge in [-0.3, -0.25) is 28.2 Å². The summed E-state index contributed by atoms with van der Waals surface area (Å²) >= 11 is 0. The molecule has 0 aromatic carbocycles. The topological polar surface area (TPSA) is 656 Å². The molecule has 36 atom stereocenters. The van der Waals surface area contributed by atoms with Gasteiger partial charge in [-0.15, -0.1) is 0 Å². The quantitative estimate of drug-likeness (QED) is 0.0244. The summed E-state index contributed by atoms with van der Waals surface area (Å²) in [4.78, 5) is 60.6. The minimum atomic E-state index is -4.87. The number of quaternary nitrogens is 1. The van der Waals surface area contributed by atoms with Gasteiger partial charge in [-0.2, -0.15) is 0 Å². The van der Waals surface area contributed by atoms with Crippen molar-refractivity contribution in [1.29, 1.82) is 0 Å². The number of nitrogens with zero attached hydrogens (tertiary/aromatic N) is 1. The highest BCUT2D eigenvalue weighted by Gasteiger charge is 2.59. The first-order chi connectivity index (χ1) is 46.9. The van der Waals surface area contributed by atoms with Crippen molar-refractivity contribution in [2.24, 2.45) is 0 Å². The van der Waals surface area contributed by atoms with Crippen molar-refractivity contribution in [3.05, 3.63) is 0 Å². The number of likely N-dealkylation sites (N-methyl/N-ethyl adjacent to an activating group) is 1. The molecule has 45 heteroatoms. The maximum absolute atomic E-state index is 12.9. The van der Waals surface area contributed by atoms with E-state index in [1.165, 1.54) is 0 Å². The third kappa shape index (κ3) is 20.4. The molecule has 0 radical (unpaired) electrons. The minimum Gasteiger partial charge on any atom is -0.394 e. The van der Waals surface area contributed by atoms with Crippen molar-refractivity contribution in [1.82, 2.24) is 21.3 Å². The summed E-state index contributed by atoms with van der Waals surface area (Å²) in [5.41, 5.74) is 0. The lowest BCUT2D eigenvalue weighted by molar-refractivity contribution is -0.870. The number of carbonyl (C=O) groups excluding carboxylic acids is 4. The summed E-state index contributed by atoms with van der Waals surface area (Å²) in [6.45, 7) is -3.31. The molecular weight excluding hydrogens is 1390 g/mol. The van der Waals surface area contributed by atoms with Crippen molar-refractivity contribution >= 4 is 31.5 Å². The zero-order valence-electron chi connectivity index (χ0n) is 55.1. The van der Waals surface area contributed by atoms with Crippen molar-refractivity contribution < 1.29 is 196 Å². The lowest BCUT2D eigenvalue weighted by Crippen LogP contribution is -2.70. The zero-order valence-corrected chi connectivity index (χ0v) is 56.0. The number of rotatable bonds is 29. The van der Waals surface area contributed by atoms with Crippen LogP contribution in [0.1, 0.15) is 27.7 Å². The number of phosphoric ester groups is 1. The predicted molar refractivity (Wildman–Crippen MR) is 316 cm³/mol. The van der Waals surface area contributed by atoms with Crippen LogP contribution in [0.15, 0.2) is 0 Å². The highest BCUT2D eigenvalue weighted by molar-refractivity contribution is 7.47. The Morgan fingerprint density at radius 1 is 0.360 bits per heavy atom. The molecule has 4 amide bonds. The maximum atomic E-state index is 12.9. The molecule has 7 aliphatic rings. The number of amides is 4. The van der Waals surface area contributed by atoms with Gasteiger partial charge >= 0.3 is 7.82 Å². The van der Waals surface area contributed by atoms with E-state index in [4.69, 9.17) is 70.6 Å². The van der Waals surface area contributed by atoms with Gasteiger partial charge in [0.2, 0.25) is 23.6 Å². The van der Waals surface area contributed by atoms with Crippen molar-refractivity contribution in [2.75, 3.05) is 80.5 Å². The second-order valence-corrected chi connectivity index (χ2v) is 27.4. The highest BCUT2D eigenvalue weighted by Crippen LogP contribution is 2.44. The van der Waals surface area contributed by atoms with Gasteiger partial charge in [0.15, 0.2) is 44.0 Å². The zero-order chi connectivity index (χ0) is 74.3. The third-order valence-electron chi connectivity index (χ3n) is 17.4. The van der Waals surface area contributed by atoms with Crippen LogP contribution in [0, 0.1) is 0 Å². The minimum absolute atomic E-state index is 0.249. The molecule has 23 N–H and O–H groups in total. The standard InChI is InChI=1S/C55H96N5O39P/c1-17(66)56-28-37(75)44(23(12-63)88-49(28)82)95-51-30(58-19(3)68)39(77)46(25(14-65)91-51)97-54-43(81)47(98-53-42(80)40(78)32(70)21(10-61)89-53)35(73)26(94-54)15-85-55-48(41(79)33(71)22(11-62)90-55)99-52-31(59-20(4)69)38(76)45(24(13-64)92-52)96-50-29(57-18(2)67)36(74)34(72)27(93-50)16-87-100(83,84)86-9-8-60(5,6)7/h21-55,61-65,70-82H,8-16H2,1-7H3,(H4-,56,57,58,59,66,67,68,69,83,84)/p+1/t21-,22-,23-,24-,25-,26-,27-,28-,29-,30-,31-,32-,33-,34+,35-,36-,37-,38-,39-,40+,41+,42+,43+,44-,45-,46-,47+,48+,49-,50+,51+,52+,53-,54+,55+/m1/s1. The van der Waals surface area contributed by atoms with E-state index < -0.39 is 292 Å². The normalized spacial score (nSPS) is 44.9. The smallest absolute Gasteiger partial charge is 0.394 e. The fraction of sp³-hybridized carbons (Fsp3) is 0.927. The van der Waals surface area contributed by atoms with Crippen molar-refractivity contribution in [3.8, 4) is 0 Å². The van der Waals surface area contributed by atoms with Gasteiger partial charge in [0.1, 0.15) is 184 Å². The van der Waals surface area contributed by atoms with Crippen LogP contribution >= 0.6 is 7.82 Å². The summed E-state index contributed by atoms with van der Waals surface area (Å²) in [5, 5.41) is 210. The van der Waals surface area contributed by atoms with E-state index >= 15 is 0 Å². The van der Waals surface area contributed by atoms with Gasteiger partial charge in [0, 0.05) is 27.7 Å². The Hall–Kier alpha value is -3.29. The highest BCUT2D eigenvalue weighted by atomic mass is 31.2. The van der Waals surface area contributed by atoms with Crippen LogP contribution in [0.5, 0.6) is 0 Å². The van der Waals surface area contributed by atoms with Crippen molar-refractivity contribution in [2.45, 2.75) is 242 Å². The number of ether oxygens (including phenoxy) is 13. The summed E-state index contributed by atoms with van der Waals surface area (Å²) in [6.07, 6.45) is -62.4. The Morgan fingerprint density at radius 2 is 0.710 bits per heavy atom. The molecule has 7 fully saturated rings. The molecule has 0 aromatic heterocycles. The Balaban J connectivity index is 1.16. The largest absolute Gasteiger partial charge is 0.472 e. The molecule has 580 valence electrons. The fourth-order valence-electron chi connectivity index (χ4n) is 12.1. The van der Waals surface area contributed by atoms with Gasteiger partial charge in [-0.1, -0.05) is 0 Å². The number of carbonyl (C=O) groups is 4. The molecule has 100 heavy (non-hydrogen) atoms. The van der Waals surface area contributed by atoms with E-state index in [1.807, 2.05) is 0 Å². The van der Waals surface area contributed by atoms with Gasteiger partial charge in [-0.25, -0.2) is 4.57 Å². The van der Waals surface area contributed by atoms with Crippen LogP contribution < -0.4 is 21.3 Å². The second-order valence-electron chi connectivity index (χ2n) is 26.0. The molecular formula is C55H97N5O39P+. The molecule has 7 heterocycles. The molecule has 0 saturated carbocycles. The Kier molecular flexibility index (Phi) is 30.5. The van der Waals surface area contributed by atoms with Crippen LogP contribution in [0.3, 0.4) is 0 Å². The monoisotopic (exact) mass is 1480 g/mol. The van der Waals surface area contributed by atoms with Crippen LogP contribution in [-0.4, -0.2) is 420 Å². The third-order valence-corrected chi connectivity index (χ3v) is 18.4. The van der Waals surface area contributed by atoms with Gasteiger partial charge in [0.05, 0.1) is 67.4 Å². The Bertz CT molecular complexity index is 2670. The average Bonchev–Trinajstić information content (AvgIpc) is 0.776. The molecule has 7 rings (SSSR count). The maximum Gasteiger partial charge on any atom is 0.472 e. The van der Waals surface area contributed by atoms with Gasteiger partial charge < -0.3 is 184 Å². The number of hydrogen-bond donors (Lipinski definition) is 23. The van der Waals surface area contributed by atoms with E-state index in [0.29, 0.717) is 4.48 Å². The van der Waals surface area contributed by atoms with Crippen LogP contribution in [0.25, 0.3) is 0 Å². The van der Waals surface area contributed by atoms with Crippen molar-refractivity contribution in [3.63, 3.8) is 0 Å². The van der Waals surface area contributed by atoms with Gasteiger partial charge in [0.25, 0.3) is 0 Å². The number of phosphoric acid groups is 1. The average molecular weight is 1480 g/mol. The number of nitrogens with one attached hydrogen (secondary N) is 4. The molecule has 0 aromatic rings. The molecule has 7 aliphatic heterocycles. The number of aliphatic hydroxyl groups is 18.